The second-order valence-corrected chi connectivity index (χ2v) is 5.76. The molecule has 0 bridgehead atoms. The topological polar surface area (TPSA) is 101 Å². The van der Waals surface area contributed by atoms with E-state index in [0.29, 0.717) is 19.0 Å². The second-order valence-electron chi connectivity index (χ2n) is 5.76. The molecule has 3 heterocycles. The average molecular weight is 330 g/mol. The maximum absolute atomic E-state index is 11.7. The minimum Gasteiger partial charge on any atom is -0.356 e. The van der Waals surface area contributed by atoms with E-state index in [0.717, 1.165) is 24.6 Å². The molecule has 0 unspecified atom stereocenters. The largest absolute Gasteiger partial charge is 0.356 e. The zero-order chi connectivity index (χ0) is 16.8. The summed E-state index contributed by atoms with van der Waals surface area (Å²) in [6.45, 7) is 5.28. The molecule has 0 saturated carbocycles. The zero-order valence-corrected chi connectivity index (χ0v) is 13.8. The van der Waals surface area contributed by atoms with Gasteiger partial charge in [0.2, 0.25) is 11.9 Å². The molecule has 1 aliphatic rings. The Bertz CT molecular complexity index is 666. The van der Waals surface area contributed by atoms with Crippen molar-refractivity contribution in [1.29, 1.82) is 0 Å². The fraction of sp³-hybridized carbons (Fsp3) is 0.533. The molecule has 1 amide bonds. The van der Waals surface area contributed by atoms with Crippen LogP contribution in [0.4, 0.5) is 11.8 Å². The molecule has 1 fully saturated rings. The van der Waals surface area contributed by atoms with Crippen molar-refractivity contribution in [3.8, 4) is 0 Å². The first-order valence-electron chi connectivity index (χ1n) is 8.14. The van der Waals surface area contributed by atoms with Crippen molar-refractivity contribution < 1.29 is 4.79 Å². The highest BCUT2D eigenvalue weighted by atomic mass is 16.2. The van der Waals surface area contributed by atoms with Crippen LogP contribution in [0.2, 0.25) is 0 Å². The van der Waals surface area contributed by atoms with E-state index in [2.05, 4.69) is 35.6 Å². The fourth-order valence-electron chi connectivity index (χ4n) is 2.63. The fourth-order valence-corrected chi connectivity index (χ4v) is 2.63. The number of rotatable bonds is 7. The molecule has 2 aromatic rings. The van der Waals surface area contributed by atoms with Gasteiger partial charge in [0, 0.05) is 37.9 Å². The summed E-state index contributed by atoms with van der Waals surface area (Å²) in [5.41, 5.74) is 0.935. The van der Waals surface area contributed by atoms with Crippen LogP contribution in [0.15, 0.2) is 18.7 Å². The van der Waals surface area contributed by atoms with Gasteiger partial charge in [-0.25, -0.2) is 14.6 Å². The number of hydrogen-bond acceptors (Lipinski definition) is 7. The van der Waals surface area contributed by atoms with Crippen molar-refractivity contribution in [3.05, 3.63) is 24.4 Å². The Labute approximate surface area is 140 Å². The van der Waals surface area contributed by atoms with Gasteiger partial charge in [0.1, 0.15) is 25.0 Å². The van der Waals surface area contributed by atoms with E-state index in [1.165, 1.54) is 30.2 Å². The lowest BCUT2D eigenvalue weighted by Gasteiger charge is -2.17. The molecule has 24 heavy (non-hydrogen) atoms. The van der Waals surface area contributed by atoms with Gasteiger partial charge in [-0.1, -0.05) is 0 Å². The van der Waals surface area contributed by atoms with Crippen LogP contribution in [0.3, 0.4) is 0 Å². The maximum Gasteiger partial charge on any atom is 0.241 e. The molecule has 3 rings (SSSR count). The Morgan fingerprint density at radius 2 is 2.08 bits per heavy atom. The molecule has 2 aromatic heterocycles. The van der Waals surface area contributed by atoms with Crippen LogP contribution in [-0.2, 0) is 11.3 Å². The molecule has 0 radical (unpaired) electrons. The van der Waals surface area contributed by atoms with E-state index in [1.807, 2.05) is 13.0 Å². The van der Waals surface area contributed by atoms with Crippen molar-refractivity contribution in [2.75, 3.05) is 36.4 Å². The number of aromatic nitrogens is 5. The number of aryl methyl sites for hydroxylation is 1. The maximum atomic E-state index is 11.7. The first-order chi connectivity index (χ1) is 11.7. The Kier molecular flexibility index (Phi) is 5.19. The van der Waals surface area contributed by atoms with Crippen LogP contribution in [-0.4, -0.2) is 56.8 Å². The first kappa shape index (κ1) is 16.2. The summed E-state index contributed by atoms with van der Waals surface area (Å²) in [6.07, 6.45) is 5.34. The normalized spacial score (nSPS) is 14.0. The van der Waals surface area contributed by atoms with E-state index < -0.39 is 0 Å². The third-order valence-electron chi connectivity index (χ3n) is 3.77. The highest BCUT2D eigenvalue weighted by Gasteiger charge is 2.15. The SMILES string of the molecule is Cc1cc(N2CCCC2)nc(NCCNC(=O)Cn2cncn2)n1. The zero-order valence-electron chi connectivity index (χ0n) is 13.8. The van der Waals surface area contributed by atoms with E-state index in [1.54, 1.807) is 0 Å². The predicted octanol–water partition coefficient (Wildman–Crippen LogP) is 0.205. The van der Waals surface area contributed by atoms with Crippen molar-refractivity contribution in [3.63, 3.8) is 0 Å². The van der Waals surface area contributed by atoms with Gasteiger partial charge in [0.15, 0.2) is 0 Å². The highest BCUT2D eigenvalue weighted by molar-refractivity contribution is 5.75. The monoisotopic (exact) mass is 330 g/mol. The van der Waals surface area contributed by atoms with Gasteiger partial charge in [0.05, 0.1) is 0 Å². The quantitative estimate of drug-likeness (QED) is 0.700. The molecule has 1 aliphatic heterocycles. The van der Waals surface area contributed by atoms with Crippen LogP contribution in [0.1, 0.15) is 18.5 Å². The number of nitrogens with zero attached hydrogens (tertiary/aromatic N) is 6. The Balaban J connectivity index is 1.45. The van der Waals surface area contributed by atoms with Crippen LogP contribution in [0, 0.1) is 6.92 Å². The molecule has 2 N–H and O–H groups in total. The third-order valence-corrected chi connectivity index (χ3v) is 3.77. The molecule has 0 spiro atoms. The van der Waals surface area contributed by atoms with Crippen LogP contribution in [0.5, 0.6) is 0 Å². The van der Waals surface area contributed by atoms with Gasteiger partial charge in [-0.2, -0.15) is 10.1 Å². The van der Waals surface area contributed by atoms with Gasteiger partial charge in [-0.05, 0) is 19.8 Å². The predicted molar refractivity (Wildman–Crippen MR) is 89.7 cm³/mol. The van der Waals surface area contributed by atoms with E-state index >= 15 is 0 Å². The summed E-state index contributed by atoms with van der Waals surface area (Å²) < 4.78 is 1.48. The molecule has 9 nitrogen and oxygen atoms in total. The Morgan fingerprint density at radius 1 is 1.25 bits per heavy atom. The van der Waals surface area contributed by atoms with E-state index in [9.17, 15) is 4.79 Å². The van der Waals surface area contributed by atoms with Gasteiger partial charge in [-0.15, -0.1) is 0 Å². The lowest BCUT2D eigenvalue weighted by molar-refractivity contribution is -0.121. The summed E-state index contributed by atoms with van der Waals surface area (Å²) in [7, 11) is 0. The second kappa shape index (κ2) is 7.71. The number of carbonyl (C=O) groups is 1. The van der Waals surface area contributed by atoms with E-state index in [4.69, 9.17) is 0 Å². The standard InChI is InChI=1S/C15H22N8O/c1-12-8-13(22-6-2-3-7-22)21-15(20-12)18-5-4-17-14(24)9-23-11-16-10-19-23/h8,10-11H,2-7,9H2,1H3,(H,17,24)(H,18,20,21). The molecule has 0 aromatic carbocycles. The number of carbonyl (C=O) groups excluding carboxylic acids is 1. The molecule has 0 aliphatic carbocycles. The minimum absolute atomic E-state index is 0.106. The summed E-state index contributed by atoms with van der Waals surface area (Å²) in [5.74, 6) is 1.46. The lowest BCUT2D eigenvalue weighted by Crippen LogP contribution is -2.32. The van der Waals surface area contributed by atoms with Gasteiger partial charge in [0.25, 0.3) is 0 Å². The first-order valence-corrected chi connectivity index (χ1v) is 8.14. The smallest absolute Gasteiger partial charge is 0.241 e. The third kappa shape index (κ3) is 4.40. The van der Waals surface area contributed by atoms with E-state index in [-0.39, 0.29) is 12.5 Å². The average Bonchev–Trinajstić information content (AvgIpc) is 3.24. The summed E-state index contributed by atoms with van der Waals surface area (Å²) in [4.78, 5) is 26.8. The van der Waals surface area contributed by atoms with Crippen molar-refractivity contribution >= 4 is 17.7 Å². The molecule has 128 valence electrons. The molecule has 1 saturated heterocycles. The minimum atomic E-state index is -0.106. The van der Waals surface area contributed by atoms with Gasteiger partial charge in [-0.3, -0.25) is 4.79 Å². The summed E-state index contributed by atoms with van der Waals surface area (Å²) in [6, 6.07) is 2.01. The van der Waals surface area contributed by atoms with Gasteiger partial charge >= 0.3 is 0 Å². The molecular weight excluding hydrogens is 308 g/mol. The number of amides is 1. The van der Waals surface area contributed by atoms with Crippen molar-refractivity contribution in [2.24, 2.45) is 0 Å². The lowest BCUT2D eigenvalue weighted by atomic mass is 10.4. The van der Waals surface area contributed by atoms with Crippen LogP contribution in [0.25, 0.3) is 0 Å². The van der Waals surface area contributed by atoms with Crippen LogP contribution < -0.4 is 15.5 Å². The van der Waals surface area contributed by atoms with Gasteiger partial charge < -0.3 is 15.5 Å². The molecule has 0 atom stereocenters. The number of nitrogens with one attached hydrogen (secondary N) is 2. The number of anilines is 2. The Hall–Kier alpha value is -2.71. The highest BCUT2D eigenvalue weighted by Crippen LogP contribution is 2.19. The van der Waals surface area contributed by atoms with Crippen molar-refractivity contribution in [1.82, 2.24) is 30.0 Å². The van der Waals surface area contributed by atoms with Crippen molar-refractivity contribution in [2.45, 2.75) is 26.3 Å². The van der Waals surface area contributed by atoms with Crippen LogP contribution >= 0.6 is 0 Å². The summed E-state index contributed by atoms with van der Waals surface area (Å²) >= 11 is 0. The molecule has 9 heteroatoms. The summed E-state index contributed by atoms with van der Waals surface area (Å²) in [5, 5.41) is 9.88. The Morgan fingerprint density at radius 3 is 2.83 bits per heavy atom. The molecular formula is C15H22N8O. The number of hydrogen-bond donors (Lipinski definition) is 2.